The second-order valence-corrected chi connectivity index (χ2v) is 4.25. The van der Waals surface area contributed by atoms with E-state index < -0.39 is 0 Å². The van der Waals surface area contributed by atoms with Crippen LogP contribution >= 0.6 is 0 Å². The molecule has 1 aromatic heterocycles. The van der Waals surface area contributed by atoms with E-state index in [4.69, 9.17) is 15.2 Å². The minimum Gasteiger partial charge on any atom is -0.490 e. The van der Waals surface area contributed by atoms with Crippen molar-refractivity contribution in [3.8, 4) is 5.75 Å². The van der Waals surface area contributed by atoms with Crippen molar-refractivity contribution in [2.45, 2.75) is 13.0 Å². The Labute approximate surface area is 107 Å². The van der Waals surface area contributed by atoms with Crippen molar-refractivity contribution < 1.29 is 9.47 Å². The highest BCUT2D eigenvalue weighted by Gasteiger charge is 2.03. The summed E-state index contributed by atoms with van der Waals surface area (Å²) < 4.78 is 10.5. The average molecular weight is 246 g/mol. The third kappa shape index (κ3) is 2.97. The van der Waals surface area contributed by atoms with Gasteiger partial charge in [-0.05, 0) is 30.7 Å². The van der Waals surface area contributed by atoms with Gasteiger partial charge in [-0.15, -0.1) is 0 Å². The molecule has 4 heteroatoms. The number of fused-ring (bicyclic) bond motifs is 1. The van der Waals surface area contributed by atoms with E-state index >= 15 is 0 Å². The second-order valence-electron chi connectivity index (χ2n) is 4.25. The Bertz CT molecular complexity index is 526. The van der Waals surface area contributed by atoms with Crippen LogP contribution in [-0.2, 0) is 4.74 Å². The second kappa shape index (κ2) is 5.80. The number of nitrogens with two attached hydrogens (primary N) is 1. The zero-order valence-electron chi connectivity index (χ0n) is 10.7. The van der Waals surface area contributed by atoms with Crippen LogP contribution in [0.5, 0.6) is 5.75 Å². The molecule has 0 fully saturated rings. The molecule has 4 nitrogen and oxygen atoms in total. The summed E-state index contributed by atoms with van der Waals surface area (Å²) in [6, 6.07) is 8.03. The fourth-order valence-electron chi connectivity index (χ4n) is 1.73. The standard InChI is InChI=1S/C14H18N2O2/c1-10(15)11-3-4-14-12(7-11)8-13(9-16-14)18-6-5-17-2/h3-4,7-10H,5-6,15H2,1-2H3. The molecular formula is C14H18N2O2. The number of hydrogen-bond acceptors (Lipinski definition) is 4. The molecule has 0 bridgehead atoms. The molecule has 0 aliphatic heterocycles. The Hall–Kier alpha value is -1.65. The number of aromatic nitrogens is 1. The van der Waals surface area contributed by atoms with Gasteiger partial charge in [0.25, 0.3) is 0 Å². The number of ether oxygens (including phenoxy) is 2. The Morgan fingerprint density at radius 3 is 2.83 bits per heavy atom. The van der Waals surface area contributed by atoms with Gasteiger partial charge in [0.05, 0.1) is 18.3 Å². The van der Waals surface area contributed by atoms with Crippen molar-refractivity contribution >= 4 is 10.9 Å². The first kappa shape index (κ1) is 12.8. The summed E-state index contributed by atoms with van der Waals surface area (Å²) >= 11 is 0. The lowest BCUT2D eigenvalue weighted by Crippen LogP contribution is -2.05. The van der Waals surface area contributed by atoms with Gasteiger partial charge in [-0.3, -0.25) is 4.98 Å². The maximum absolute atomic E-state index is 5.87. The summed E-state index contributed by atoms with van der Waals surface area (Å²) in [6.45, 7) is 3.06. The quantitative estimate of drug-likeness (QED) is 0.822. The van der Waals surface area contributed by atoms with E-state index in [0.717, 1.165) is 22.2 Å². The zero-order valence-corrected chi connectivity index (χ0v) is 10.7. The molecule has 0 aliphatic carbocycles. The molecule has 1 heterocycles. The van der Waals surface area contributed by atoms with Gasteiger partial charge in [0.15, 0.2) is 0 Å². The van der Waals surface area contributed by atoms with E-state index in [2.05, 4.69) is 11.1 Å². The topological polar surface area (TPSA) is 57.4 Å². The number of benzene rings is 1. The van der Waals surface area contributed by atoms with Crippen LogP contribution in [0.3, 0.4) is 0 Å². The van der Waals surface area contributed by atoms with E-state index in [1.807, 2.05) is 25.1 Å². The summed E-state index contributed by atoms with van der Waals surface area (Å²) in [6.07, 6.45) is 1.73. The van der Waals surface area contributed by atoms with Crippen LogP contribution in [0.25, 0.3) is 10.9 Å². The molecule has 2 aromatic rings. The third-order valence-corrected chi connectivity index (χ3v) is 2.76. The number of rotatable bonds is 5. The predicted molar refractivity (Wildman–Crippen MR) is 71.7 cm³/mol. The molecule has 18 heavy (non-hydrogen) atoms. The molecule has 1 aromatic carbocycles. The molecule has 96 valence electrons. The molecular weight excluding hydrogens is 228 g/mol. The maximum atomic E-state index is 5.87. The van der Waals surface area contributed by atoms with E-state index in [1.165, 1.54) is 0 Å². The lowest BCUT2D eigenvalue weighted by atomic mass is 10.1. The highest BCUT2D eigenvalue weighted by atomic mass is 16.5. The monoisotopic (exact) mass is 246 g/mol. The van der Waals surface area contributed by atoms with Gasteiger partial charge in [-0.25, -0.2) is 0 Å². The summed E-state index contributed by atoms with van der Waals surface area (Å²) in [5.74, 6) is 0.751. The van der Waals surface area contributed by atoms with Gasteiger partial charge in [-0.1, -0.05) is 6.07 Å². The van der Waals surface area contributed by atoms with Crippen molar-refractivity contribution in [1.29, 1.82) is 0 Å². The highest BCUT2D eigenvalue weighted by Crippen LogP contribution is 2.21. The van der Waals surface area contributed by atoms with Crippen LogP contribution in [-0.4, -0.2) is 25.3 Å². The highest BCUT2D eigenvalue weighted by molar-refractivity contribution is 5.80. The molecule has 0 amide bonds. The van der Waals surface area contributed by atoms with Crippen molar-refractivity contribution in [3.63, 3.8) is 0 Å². The van der Waals surface area contributed by atoms with Crippen LogP contribution in [0.4, 0.5) is 0 Å². The van der Waals surface area contributed by atoms with Crippen molar-refractivity contribution in [1.82, 2.24) is 4.98 Å². The molecule has 0 aliphatic rings. The van der Waals surface area contributed by atoms with Crippen molar-refractivity contribution in [2.75, 3.05) is 20.3 Å². The Morgan fingerprint density at radius 1 is 1.28 bits per heavy atom. The SMILES string of the molecule is COCCOc1cnc2ccc(C(C)N)cc2c1. The summed E-state index contributed by atoms with van der Waals surface area (Å²) in [7, 11) is 1.65. The Kier molecular flexibility index (Phi) is 4.12. The third-order valence-electron chi connectivity index (χ3n) is 2.76. The lowest BCUT2D eigenvalue weighted by molar-refractivity contribution is 0.146. The van der Waals surface area contributed by atoms with Crippen LogP contribution in [0.15, 0.2) is 30.5 Å². The molecule has 0 radical (unpaired) electrons. The van der Waals surface area contributed by atoms with Gasteiger partial charge in [0.1, 0.15) is 12.4 Å². The molecule has 1 atom stereocenters. The summed E-state index contributed by atoms with van der Waals surface area (Å²) in [4.78, 5) is 4.35. The first-order chi connectivity index (χ1) is 8.70. The number of methoxy groups -OCH3 is 1. The maximum Gasteiger partial charge on any atom is 0.138 e. The average Bonchev–Trinajstić information content (AvgIpc) is 2.38. The fourth-order valence-corrected chi connectivity index (χ4v) is 1.73. The number of nitrogens with zero attached hydrogens (tertiary/aromatic N) is 1. The molecule has 0 spiro atoms. The molecule has 0 saturated heterocycles. The largest absolute Gasteiger partial charge is 0.490 e. The first-order valence-corrected chi connectivity index (χ1v) is 5.97. The van der Waals surface area contributed by atoms with Crippen molar-refractivity contribution in [3.05, 3.63) is 36.0 Å². The first-order valence-electron chi connectivity index (χ1n) is 5.97. The van der Waals surface area contributed by atoms with Crippen molar-refractivity contribution in [2.24, 2.45) is 5.73 Å². The van der Waals surface area contributed by atoms with E-state index in [0.29, 0.717) is 13.2 Å². The summed E-state index contributed by atoms with van der Waals surface area (Å²) in [5.41, 5.74) is 7.91. The van der Waals surface area contributed by atoms with Gasteiger partial charge in [0, 0.05) is 18.5 Å². The van der Waals surface area contributed by atoms with Gasteiger partial charge < -0.3 is 15.2 Å². The van der Waals surface area contributed by atoms with Gasteiger partial charge in [0.2, 0.25) is 0 Å². The van der Waals surface area contributed by atoms with Crippen LogP contribution < -0.4 is 10.5 Å². The Morgan fingerprint density at radius 2 is 2.11 bits per heavy atom. The normalized spacial score (nSPS) is 12.6. The summed E-state index contributed by atoms with van der Waals surface area (Å²) in [5, 5.41) is 1.04. The van der Waals surface area contributed by atoms with Crippen LogP contribution in [0, 0.1) is 0 Å². The predicted octanol–water partition coefficient (Wildman–Crippen LogP) is 2.28. The minimum absolute atomic E-state index is 0.0208. The van der Waals surface area contributed by atoms with E-state index in [-0.39, 0.29) is 6.04 Å². The lowest BCUT2D eigenvalue weighted by Gasteiger charge is -2.09. The van der Waals surface area contributed by atoms with Gasteiger partial charge >= 0.3 is 0 Å². The molecule has 0 saturated carbocycles. The molecule has 2 N–H and O–H groups in total. The number of hydrogen-bond donors (Lipinski definition) is 1. The molecule has 1 unspecified atom stereocenters. The smallest absolute Gasteiger partial charge is 0.138 e. The molecule has 2 rings (SSSR count). The van der Waals surface area contributed by atoms with E-state index in [1.54, 1.807) is 13.3 Å². The van der Waals surface area contributed by atoms with Crippen LogP contribution in [0.2, 0.25) is 0 Å². The van der Waals surface area contributed by atoms with E-state index in [9.17, 15) is 0 Å². The van der Waals surface area contributed by atoms with Gasteiger partial charge in [-0.2, -0.15) is 0 Å². The Balaban J connectivity index is 2.25. The van der Waals surface area contributed by atoms with Crippen LogP contribution in [0.1, 0.15) is 18.5 Å². The number of pyridine rings is 1. The minimum atomic E-state index is 0.0208. The zero-order chi connectivity index (χ0) is 13.0. The fraction of sp³-hybridized carbons (Fsp3) is 0.357.